The van der Waals surface area contributed by atoms with E-state index in [1.54, 1.807) is 0 Å². The van der Waals surface area contributed by atoms with E-state index in [2.05, 4.69) is 0 Å². The van der Waals surface area contributed by atoms with Crippen molar-refractivity contribution in [3.05, 3.63) is 0 Å². The maximum atomic E-state index is 11.2. The molecular formula is C9H17NO3S. The summed E-state index contributed by atoms with van der Waals surface area (Å²) in [5.41, 5.74) is 4.66. The summed E-state index contributed by atoms with van der Waals surface area (Å²) in [7, 11) is -2.89. The number of sulfone groups is 1. The van der Waals surface area contributed by atoms with Gasteiger partial charge in [-0.05, 0) is 32.1 Å². The highest BCUT2D eigenvalue weighted by molar-refractivity contribution is 7.91. The Kier molecular flexibility index (Phi) is 2.18. The molecule has 0 aromatic heterocycles. The number of hydrogen-bond acceptors (Lipinski definition) is 4. The van der Waals surface area contributed by atoms with Gasteiger partial charge in [0.25, 0.3) is 0 Å². The number of hydrogen-bond donors (Lipinski definition) is 2. The van der Waals surface area contributed by atoms with E-state index in [0.717, 1.165) is 19.3 Å². The number of aliphatic hydroxyl groups is 1. The van der Waals surface area contributed by atoms with E-state index < -0.39 is 21.0 Å². The van der Waals surface area contributed by atoms with Crippen LogP contribution in [0.15, 0.2) is 0 Å². The Bertz CT molecular complexity index is 318. The Labute approximate surface area is 84.4 Å². The second-order valence-electron chi connectivity index (χ2n) is 4.69. The highest BCUT2D eigenvalue weighted by Gasteiger charge is 2.53. The van der Waals surface area contributed by atoms with Gasteiger partial charge in [0, 0.05) is 5.54 Å². The quantitative estimate of drug-likeness (QED) is 0.640. The van der Waals surface area contributed by atoms with Crippen molar-refractivity contribution < 1.29 is 13.5 Å². The predicted molar refractivity (Wildman–Crippen MR) is 53.6 cm³/mol. The molecule has 3 N–H and O–H groups in total. The molecule has 2 rings (SSSR count). The lowest BCUT2D eigenvalue weighted by atomic mass is 9.64. The third kappa shape index (κ3) is 1.47. The monoisotopic (exact) mass is 219 g/mol. The van der Waals surface area contributed by atoms with Crippen molar-refractivity contribution >= 4 is 9.84 Å². The number of rotatable bonds is 1. The SMILES string of the molecule is NC1(C2(O)CCC2)CCS(=O)(=O)CC1. The molecule has 1 saturated carbocycles. The topological polar surface area (TPSA) is 80.4 Å². The molecule has 0 spiro atoms. The third-order valence-corrected chi connectivity index (χ3v) is 5.48. The van der Waals surface area contributed by atoms with Crippen LogP contribution in [-0.4, -0.2) is 36.2 Å². The molecular weight excluding hydrogens is 202 g/mol. The Balaban J connectivity index is 2.12. The van der Waals surface area contributed by atoms with Crippen LogP contribution in [0, 0.1) is 0 Å². The van der Waals surface area contributed by atoms with Crippen LogP contribution < -0.4 is 5.73 Å². The van der Waals surface area contributed by atoms with Crippen LogP contribution >= 0.6 is 0 Å². The summed E-state index contributed by atoms with van der Waals surface area (Å²) in [5.74, 6) is 0.262. The summed E-state index contributed by atoms with van der Waals surface area (Å²) in [6.07, 6.45) is 3.27. The van der Waals surface area contributed by atoms with E-state index in [-0.39, 0.29) is 11.5 Å². The molecule has 0 aromatic rings. The van der Waals surface area contributed by atoms with E-state index in [1.807, 2.05) is 0 Å². The highest BCUT2D eigenvalue weighted by Crippen LogP contribution is 2.44. The molecule has 0 aromatic carbocycles. The van der Waals surface area contributed by atoms with Crippen LogP contribution in [0.1, 0.15) is 32.1 Å². The van der Waals surface area contributed by atoms with E-state index in [1.165, 1.54) is 0 Å². The average molecular weight is 219 g/mol. The minimum Gasteiger partial charge on any atom is -0.388 e. The Morgan fingerprint density at radius 3 is 1.93 bits per heavy atom. The molecule has 82 valence electrons. The maximum absolute atomic E-state index is 11.2. The summed E-state index contributed by atoms with van der Waals surface area (Å²) in [5, 5.41) is 10.1. The van der Waals surface area contributed by atoms with Gasteiger partial charge in [-0.2, -0.15) is 0 Å². The minimum absolute atomic E-state index is 0.131. The van der Waals surface area contributed by atoms with Crippen LogP contribution in [0.25, 0.3) is 0 Å². The predicted octanol–water partition coefficient (Wildman–Crippen LogP) is -0.193. The molecule has 1 aliphatic heterocycles. The van der Waals surface area contributed by atoms with Crippen LogP contribution in [0.5, 0.6) is 0 Å². The standard InChI is InChI=1S/C9H17NO3S/c10-8(9(11)2-1-3-9)4-6-14(12,13)7-5-8/h11H,1-7,10H2. The lowest BCUT2D eigenvalue weighted by Gasteiger charge is -2.52. The molecule has 0 radical (unpaired) electrons. The normalized spacial score (nSPS) is 33.3. The first-order chi connectivity index (χ1) is 6.37. The van der Waals surface area contributed by atoms with Crippen molar-refractivity contribution in [3.63, 3.8) is 0 Å². The zero-order valence-corrected chi connectivity index (χ0v) is 9.02. The molecule has 1 saturated heterocycles. The third-order valence-electron chi connectivity index (χ3n) is 3.83. The Morgan fingerprint density at radius 1 is 1.07 bits per heavy atom. The van der Waals surface area contributed by atoms with E-state index >= 15 is 0 Å². The highest BCUT2D eigenvalue weighted by atomic mass is 32.2. The fraction of sp³-hybridized carbons (Fsp3) is 1.00. The van der Waals surface area contributed by atoms with Crippen molar-refractivity contribution in [3.8, 4) is 0 Å². The second kappa shape index (κ2) is 2.93. The Morgan fingerprint density at radius 2 is 1.57 bits per heavy atom. The number of nitrogens with two attached hydrogens (primary N) is 1. The molecule has 0 unspecified atom stereocenters. The van der Waals surface area contributed by atoms with Gasteiger partial charge < -0.3 is 10.8 Å². The molecule has 14 heavy (non-hydrogen) atoms. The fourth-order valence-electron chi connectivity index (χ4n) is 2.38. The van der Waals surface area contributed by atoms with Gasteiger partial charge in [0.05, 0.1) is 17.1 Å². The Hall–Kier alpha value is -0.130. The van der Waals surface area contributed by atoms with E-state index in [0.29, 0.717) is 12.8 Å². The largest absolute Gasteiger partial charge is 0.388 e. The first-order valence-electron chi connectivity index (χ1n) is 5.09. The van der Waals surface area contributed by atoms with Gasteiger partial charge in [0.1, 0.15) is 9.84 Å². The lowest BCUT2D eigenvalue weighted by Crippen LogP contribution is -2.66. The van der Waals surface area contributed by atoms with Crippen molar-refractivity contribution in [2.24, 2.45) is 5.73 Å². The zero-order valence-electron chi connectivity index (χ0n) is 8.20. The maximum Gasteiger partial charge on any atom is 0.150 e. The van der Waals surface area contributed by atoms with Crippen LogP contribution in [-0.2, 0) is 9.84 Å². The van der Waals surface area contributed by atoms with Gasteiger partial charge >= 0.3 is 0 Å². The van der Waals surface area contributed by atoms with Crippen LogP contribution in [0.2, 0.25) is 0 Å². The van der Waals surface area contributed by atoms with E-state index in [4.69, 9.17) is 5.73 Å². The summed E-state index contributed by atoms with van der Waals surface area (Å²) < 4.78 is 22.5. The van der Waals surface area contributed by atoms with Crippen molar-refractivity contribution in [2.45, 2.75) is 43.2 Å². The van der Waals surface area contributed by atoms with Crippen molar-refractivity contribution in [1.29, 1.82) is 0 Å². The molecule has 2 fully saturated rings. The molecule has 4 nitrogen and oxygen atoms in total. The lowest BCUT2D eigenvalue weighted by molar-refractivity contribution is -0.101. The van der Waals surface area contributed by atoms with Gasteiger partial charge in [0.15, 0.2) is 0 Å². The summed E-state index contributed by atoms with van der Waals surface area (Å²) >= 11 is 0. The van der Waals surface area contributed by atoms with Crippen LogP contribution in [0.3, 0.4) is 0 Å². The van der Waals surface area contributed by atoms with Crippen molar-refractivity contribution in [1.82, 2.24) is 0 Å². The first-order valence-corrected chi connectivity index (χ1v) is 6.91. The minimum atomic E-state index is -2.89. The van der Waals surface area contributed by atoms with Gasteiger partial charge in [-0.25, -0.2) is 8.42 Å². The second-order valence-corrected chi connectivity index (χ2v) is 7.00. The molecule has 0 bridgehead atoms. The average Bonchev–Trinajstić information content (AvgIpc) is 2.07. The summed E-state index contributed by atoms with van der Waals surface area (Å²) in [4.78, 5) is 0. The summed E-state index contributed by atoms with van der Waals surface area (Å²) in [6, 6.07) is 0. The van der Waals surface area contributed by atoms with Crippen molar-refractivity contribution in [2.75, 3.05) is 11.5 Å². The van der Waals surface area contributed by atoms with Gasteiger partial charge in [-0.15, -0.1) is 0 Å². The molecule has 0 atom stereocenters. The molecule has 2 aliphatic rings. The first kappa shape index (κ1) is 10.4. The van der Waals surface area contributed by atoms with Gasteiger partial charge in [-0.3, -0.25) is 0 Å². The fourth-order valence-corrected chi connectivity index (χ4v) is 3.93. The van der Waals surface area contributed by atoms with E-state index in [9.17, 15) is 13.5 Å². The summed E-state index contributed by atoms with van der Waals surface area (Å²) in [6.45, 7) is 0. The molecule has 1 aliphatic carbocycles. The van der Waals surface area contributed by atoms with Crippen LogP contribution in [0.4, 0.5) is 0 Å². The zero-order chi connectivity index (χ0) is 10.4. The van der Waals surface area contributed by atoms with Gasteiger partial charge in [-0.1, -0.05) is 0 Å². The molecule has 0 amide bonds. The smallest absolute Gasteiger partial charge is 0.150 e. The van der Waals surface area contributed by atoms with Gasteiger partial charge in [0.2, 0.25) is 0 Å². The molecule has 1 heterocycles. The molecule has 5 heteroatoms.